The molecule has 2 unspecified atom stereocenters. The fourth-order valence-electron chi connectivity index (χ4n) is 3.56. The molecule has 3 aromatic rings. The quantitative estimate of drug-likeness (QED) is 0.380. The predicted octanol–water partition coefficient (Wildman–Crippen LogP) is 6.06. The van der Waals surface area contributed by atoms with E-state index in [2.05, 4.69) is 107 Å². The molecule has 1 heteroatoms. The molecule has 0 spiro atoms. The van der Waals surface area contributed by atoms with Crippen LogP contribution >= 0.6 is 9.24 Å². The summed E-state index contributed by atoms with van der Waals surface area (Å²) in [7, 11) is 3.05. The molecule has 0 saturated carbocycles. The van der Waals surface area contributed by atoms with E-state index in [0.717, 1.165) is 12.8 Å². The van der Waals surface area contributed by atoms with Crippen LogP contribution in [-0.2, 0) is 5.41 Å². The fourth-order valence-corrected chi connectivity index (χ4v) is 3.91. The maximum atomic E-state index is 3.05. The Bertz CT molecular complexity index is 638. The SMILES string of the molecule is CCC(P)CC(c1ccccc1)(c1ccccc1)c1ccccc1. The molecule has 0 nitrogen and oxygen atoms in total. The molecule has 0 amide bonds. The van der Waals surface area contributed by atoms with Crippen molar-refractivity contribution >= 4 is 9.24 Å². The van der Waals surface area contributed by atoms with Crippen molar-refractivity contribution in [1.82, 2.24) is 0 Å². The smallest absolute Gasteiger partial charge is 0.0457 e. The molecule has 3 aromatic carbocycles. The molecule has 0 bridgehead atoms. The van der Waals surface area contributed by atoms with Crippen molar-refractivity contribution in [2.45, 2.75) is 30.8 Å². The summed E-state index contributed by atoms with van der Waals surface area (Å²) in [5.41, 5.74) is 4.53. The van der Waals surface area contributed by atoms with Crippen LogP contribution in [0.15, 0.2) is 91.0 Å². The van der Waals surface area contributed by atoms with E-state index < -0.39 is 0 Å². The molecule has 0 aliphatic rings. The highest BCUT2D eigenvalue weighted by molar-refractivity contribution is 7.17. The van der Waals surface area contributed by atoms with Gasteiger partial charge in [-0.05, 0) is 35.2 Å². The molecule has 2 atom stereocenters. The van der Waals surface area contributed by atoms with Gasteiger partial charge in [0.2, 0.25) is 0 Å². The van der Waals surface area contributed by atoms with Crippen LogP contribution in [0.5, 0.6) is 0 Å². The zero-order valence-corrected chi connectivity index (χ0v) is 15.4. The summed E-state index contributed by atoms with van der Waals surface area (Å²) in [6.07, 6.45) is 2.23. The van der Waals surface area contributed by atoms with Crippen LogP contribution in [0.2, 0.25) is 0 Å². The molecule has 0 fully saturated rings. The lowest BCUT2D eigenvalue weighted by Gasteiger charge is -2.38. The van der Waals surface area contributed by atoms with Gasteiger partial charge in [-0.3, -0.25) is 0 Å². The lowest BCUT2D eigenvalue weighted by molar-refractivity contribution is 0.537. The second-order valence-corrected chi connectivity index (χ2v) is 7.32. The highest BCUT2D eigenvalue weighted by Crippen LogP contribution is 2.44. The minimum atomic E-state index is -0.119. The van der Waals surface area contributed by atoms with Crippen molar-refractivity contribution < 1.29 is 0 Å². The van der Waals surface area contributed by atoms with Gasteiger partial charge in [-0.2, -0.15) is 0 Å². The Morgan fingerprint density at radius 1 is 0.667 bits per heavy atom. The van der Waals surface area contributed by atoms with E-state index in [1.807, 2.05) is 0 Å². The average Bonchev–Trinajstić information content (AvgIpc) is 2.68. The van der Waals surface area contributed by atoms with Gasteiger partial charge in [-0.25, -0.2) is 0 Å². The van der Waals surface area contributed by atoms with E-state index in [1.165, 1.54) is 16.7 Å². The molecule has 0 aromatic heterocycles. The van der Waals surface area contributed by atoms with E-state index in [-0.39, 0.29) is 5.41 Å². The molecule has 3 rings (SSSR count). The lowest BCUT2D eigenvalue weighted by Crippen LogP contribution is -2.32. The molecule has 0 aliphatic carbocycles. The molecule has 0 saturated heterocycles. The molecule has 122 valence electrons. The van der Waals surface area contributed by atoms with Crippen LogP contribution in [0.25, 0.3) is 0 Å². The largest absolute Gasteiger partial charge is 0.134 e. The summed E-state index contributed by atoms with van der Waals surface area (Å²) >= 11 is 0. The average molecular weight is 332 g/mol. The van der Waals surface area contributed by atoms with Crippen molar-refractivity contribution in [2.75, 3.05) is 0 Å². The lowest BCUT2D eigenvalue weighted by atomic mass is 9.66. The van der Waals surface area contributed by atoms with E-state index in [9.17, 15) is 0 Å². The van der Waals surface area contributed by atoms with Gasteiger partial charge in [0.15, 0.2) is 0 Å². The van der Waals surface area contributed by atoms with Gasteiger partial charge >= 0.3 is 0 Å². The Morgan fingerprint density at radius 3 is 1.29 bits per heavy atom. The summed E-state index contributed by atoms with van der Waals surface area (Å²) < 4.78 is 0. The molecular weight excluding hydrogens is 307 g/mol. The fraction of sp³-hybridized carbons (Fsp3) is 0.217. The second kappa shape index (κ2) is 7.77. The Morgan fingerprint density at radius 2 is 1.00 bits per heavy atom. The van der Waals surface area contributed by atoms with E-state index in [1.54, 1.807) is 0 Å². The van der Waals surface area contributed by atoms with Gasteiger partial charge in [0.1, 0.15) is 0 Å². The molecule has 24 heavy (non-hydrogen) atoms. The number of benzene rings is 3. The summed E-state index contributed by atoms with van der Waals surface area (Å²) in [5, 5.41) is 0. The first-order chi connectivity index (χ1) is 11.8. The first kappa shape index (κ1) is 16.9. The van der Waals surface area contributed by atoms with Gasteiger partial charge in [0.05, 0.1) is 0 Å². The van der Waals surface area contributed by atoms with Crippen LogP contribution in [0.4, 0.5) is 0 Å². The van der Waals surface area contributed by atoms with Crippen LogP contribution < -0.4 is 0 Å². The normalized spacial score (nSPS) is 12.8. The monoisotopic (exact) mass is 332 g/mol. The highest BCUT2D eigenvalue weighted by Gasteiger charge is 2.37. The molecular formula is C23H25P. The Kier molecular flexibility index (Phi) is 5.48. The maximum absolute atomic E-state index is 3.05. The Labute approximate surface area is 148 Å². The van der Waals surface area contributed by atoms with Gasteiger partial charge in [-0.15, -0.1) is 9.24 Å². The molecule has 0 aliphatic heterocycles. The van der Waals surface area contributed by atoms with Crippen LogP contribution in [0.1, 0.15) is 36.5 Å². The third-order valence-electron chi connectivity index (χ3n) is 4.89. The second-order valence-electron chi connectivity index (χ2n) is 6.38. The third-order valence-corrected chi connectivity index (χ3v) is 5.60. The first-order valence-corrected chi connectivity index (χ1v) is 9.36. The molecule has 0 radical (unpaired) electrons. The predicted molar refractivity (Wildman–Crippen MR) is 108 cm³/mol. The Balaban J connectivity index is 2.28. The van der Waals surface area contributed by atoms with Gasteiger partial charge < -0.3 is 0 Å². The Hall–Kier alpha value is -1.91. The summed E-state index contributed by atoms with van der Waals surface area (Å²) in [6, 6.07) is 32.8. The van der Waals surface area contributed by atoms with Gasteiger partial charge in [-0.1, -0.05) is 97.9 Å². The van der Waals surface area contributed by atoms with E-state index >= 15 is 0 Å². The van der Waals surface area contributed by atoms with Crippen molar-refractivity contribution in [3.8, 4) is 0 Å². The minimum Gasteiger partial charge on any atom is -0.134 e. The van der Waals surface area contributed by atoms with Gasteiger partial charge in [0, 0.05) is 5.41 Å². The van der Waals surface area contributed by atoms with E-state index in [0.29, 0.717) is 5.66 Å². The van der Waals surface area contributed by atoms with Gasteiger partial charge in [0.25, 0.3) is 0 Å². The number of rotatable bonds is 6. The minimum absolute atomic E-state index is 0.119. The standard InChI is InChI=1S/C23H25P/c1-2-22(24)18-23(19-12-6-3-7-13-19,20-14-8-4-9-15-20)21-16-10-5-11-17-21/h3-17,22H,2,18,24H2,1H3. The summed E-state index contributed by atoms with van der Waals surface area (Å²) in [5.74, 6) is 0. The number of hydrogen-bond acceptors (Lipinski definition) is 0. The first-order valence-electron chi connectivity index (χ1n) is 8.69. The summed E-state index contributed by atoms with van der Waals surface area (Å²) in [6.45, 7) is 2.27. The van der Waals surface area contributed by atoms with Crippen LogP contribution in [0, 0.1) is 0 Å². The number of hydrogen-bond donors (Lipinski definition) is 0. The van der Waals surface area contributed by atoms with Crippen molar-refractivity contribution in [3.05, 3.63) is 108 Å². The molecule has 0 heterocycles. The summed E-state index contributed by atoms with van der Waals surface area (Å²) in [4.78, 5) is 0. The van der Waals surface area contributed by atoms with Crippen LogP contribution in [-0.4, -0.2) is 5.66 Å². The van der Waals surface area contributed by atoms with E-state index in [4.69, 9.17) is 0 Å². The molecule has 0 N–H and O–H groups in total. The third kappa shape index (κ3) is 3.30. The topological polar surface area (TPSA) is 0 Å². The maximum Gasteiger partial charge on any atom is 0.0457 e. The van der Waals surface area contributed by atoms with Crippen molar-refractivity contribution in [2.24, 2.45) is 0 Å². The van der Waals surface area contributed by atoms with Crippen LogP contribution in [0.3, 0.4) is 0 Å². The van der Waals surface area contributed by atoms with Crippen molar-refractivity contribution in [1.29, 1.82) is 0 Å². The van der Waals surface area contributed by atoms with Crippen molar-refractivity contribution in [3.63, 3.8) is 0 Å². The zero-order valence-electron chi connectivity index (χ0n) is 14.2. The highest BCUT2D eigenvalue weighted by atomic mass is 31.0. The zero-order chi connectivity index (χ0) is 16.8.